The van der Waals surface area contributed by atoms with Crippen molar-refractivity contribution in [1.82, 2.24) is 19.7 Å². The number of rotatable bonds is 6. The molecule has 1 aromatic heterocycles. The van der Waals surface area contributed by atoms with Crippen LogP contribution in [0, 0.1) is 0 Å². The van der Waals surface area contributed by atoms with E-state index in [1.165, 1.54) is 37.9 Å². The molecule has 0 bridgehead atoms. The SMILES string of the molecule is COc1cc2[nH]cc(C(=O)C(=O)N(C)C)c2cc1C(=O)N1CCN(Cc2ccccc2)CC1C. The largest absolute Gasteiger partial charge is 0.496 e. The molecular weight excluding hydrogens is 432 g/mol. The summed E-state index contributed by atoms with van der Waals surface area (Å²) in [6, 6.07) is 13.7. The van der Waals surface area contributed by atoms with Crippen LogP contribution in [0.25, 0.3) is 10.9 Å². The van der Waals surface area contributed by atoms with Crippen LogP contribution in [-0.2, 0) is 11.3 Å². The van der Waals surface area contributed by atoms with E-state index in [9.17, 15) is 14.4 Å². The number of nitrogens with one attached hydrogen (secondary N) is 1. The summed E-state index contributed by atoms with van der Waals surface area (Å²) in [5.74, 6) is -0.962. The van der Waals surface area contributed by atoms with Crippen molar-refractivity contribution in [3.63, 3.8) is 0 Å². The molecule has 1 aliphatic heterocycles. The Hall–Kier alpha value is -3.65. The predicted molar refractivity (Wildman–Crippen MR) is 130 cm³/mol. The normalized spacial score (nSPS) is 16.5. The Kier molecular flexibility index (Phi) is 6.70. The third-order valence-corrected chi connectivity index (χ3v) is 6.30. The molecule has 4 rings (SSSR count). The van der Waals surface area contributed by atoms with Crippen molar-refractivity contribution in [3.05, 3.63) is 65.4 Å². The summed E-state index contributed by atoms with van der Waals surface area (Å²) in [5.41, 5.74) is 2.50. The fourth-order valence-corrected chi connectivity index (χ4v) is 4.47. The first-order valence-corrected chi connectivity index (χ1v) is 11.3. The third-order valence-electron chi connectivity index (χ3n) is 6.30. The Labute approximate surface area is 199 Å². The lowest BCUT2D eigenvalue weighted by Gasteiger charge is -2.40. The van der Waals surface area contributed by atoms with E-state index in [-0.39, 0.29) is 17.5 Å². The van der Waals surface area contributed by atoms with Crippen molar-refractivity contribution in [1.29, 1.82) is 0 Å². The average Bonchev–Trinajstić information content (AvgIpc) is 3.25. The van der Waals surface area contributed by atoms with Crippen LogP contribution in [0.4, 0.5) is 0 Å². The Bertz CT molecular complexity index is 1220. The number of hydrogen-bond acceptors (Lipinski definition) is 5. The number of H-pyrrole nitrogens is 1. The maximum atomic E-state index is 13.6. The van der Waals surface area contributed by atoms with Crippen molar-refractivity contribution in [2.45, 2.75) is 19.5 Å². The number of amides is 2. The van der Waals surface area contributed by atoms with Gasteiger partial charge in [-0.2, -0.15) is 0 Å². The van der Waals surface area contributed by atoms with Gasteiger partial charge in [0.2, 0.25) is 0 Å². The number of ether oxygens (including phenoxy) is 1. The highest BCUT2D eigenvalue weighted by Gasteiger charge is 2.31. The molecule has 1 saturated heterocycles. The smallest absolute Gasteiger partial charge is 0.294 e. The monoisotopic (exact) mass is 462 g/mol. The fourth-order valence-electron chi connectivity index (χ4n) is 4.47. The second-order valence-electron chi connectivity index (χ2n) is 8.90. The molecule has 8 nitrogen and oxygen atoms in total. The molecule has 0 aliphatic carbocycles. The topological polar surface area (TPSA) is 85.9 Å². The predicted octanol–water partition coefficient (Wildman–Crippen LogP) is 2.79. The minimum absolute atomic E-state index is 0.00742. The summed E-state index contributed by atoms with van der Waals surface area (Å²) in [6.45, 7) is 5.00. The van der Waals surface area contributed by atoms with E-state index in [0.29, 0.717) is 28.8 Å². The van der Waals surface area contributed by atoms with E-state index < -0.39 is 11.7 Å². The first-order valence-electron chi connectivity index (χ1n) is 11.3. The van der Waals surface area contributed by atoms with E-state index in [1.807, 2.05) is 30.0 Å². The minimum atomic E-state index is -0.622. The van der Waals surface area contributed by atoms with Crippen LogP contribution < -0.4 is 4.74 Å². The molecule has 1 N–H and O–H groups in total. The molecular formula is C26H30N4O4. The molecule has 1 fully saturated rings. The zero-order valence-electron chi connectivity index (χ0n) is 20.0. The van der Waals surface area contributed by atoms with Gasteiger partial charge < -0.3 is 19.5 Å². The van der Waals surface area contributed by atoms with E-state index in [1.54, 1.807) is 12.1 Å². The molecule has 2 heterocycles. The lowest BCUT2D eigenvalue weighted by Crippen LogP contribution is -2.53. The maximum absolute atomic E-state index is 13.6. The number of hydrogen-bond donors (Lipinski definition) is 1. The van der Waals surface area contributed by atoms with Crippen LogP contribution in [0.5, 0.6) is 5.75 Å². The zero-order valence-corrected chi connectivity index (χ0v) is 20.0. The van der Waals surface area contributed by atoms with Gasteiger partial charge in [-0.15, -0.1) is 0 Å². The summed E-state index contributed by atoms with van der Waals surface area (Å²) in [6.07, 6.45) is 1.51. The summed E-state index contributed by atoms with van der Waals surface area (Å²) in [7, 11) is 4.58. The number of carbonyl (C=O) groups excluding carboxylic acids is 3. The lowest BCUT2D eigenvalue weighted by molar-refractivity contribution is -0.124. The molecule has 1 aliphatic rings. The van der Waals surface area contributed by atoms with Crippen LogP contribution in [0.1, 0.15) is 33.2 Å². The lowest BCUT2D eigenvalue weighted by atomic mass is 10.0. The molecule has 0 saturated carbocycles. The molecule has 1 atom stereocenters. The molecule has 2 amide bonds. The van der Waals surface area contributed by atoms with Crippen LogP contribution in [0.3, 0.4) is 0 Å². The van der Waals surface area contributed by atoms with Gasteiger partial charge >= 0.3 is 0 Å². The number of methoxy groups -OCH3 is 1. The summed E-state index contributed by atoms with van der Waals surface area (Å²) < 4.78 is 5.52. The number of ketones is 1. The number of likely N-dealkylation sites (N-methyl/N-ethyl adjacent to an activating group) is 1. The Balaban J connectivity index is 1.58. The number of fused-ring (bicyclic) bond motifs is 1. The summed E-state index contributed by atoms with van der Waals surface area (Å²) in [5, 5.41) is 0.528. The van der Waals surface area contributed by atoms with Gasteiger partial charge in [-0.05, 0) is 18.6 Å². The molecule has 34 heavy (non-hydrogen) atoms. The molecule has 0 radical (unpaired) electrons. The molecule has 2 aromatic carbocycles. The molecule has 1 unspecified atom stereocenters. The number of benzene rings is 2. The highest BCUT2D eigenvalue weighted by molar-refractivity contribution is 6.44. The minimum Gasteiger partial charge on any atom is -0.496 e. The Morgan fingerprint density at radius 2 is 1.82 bits per heavy atom. The first-order chi connectivity index (χ1) is 16.3. The number of Topliss-reactive ketones (excluding diaryl/α,β-unsaturated/α-hetero) is 1. The molecule has 8 heteroatoms. The first kappa shape index (κ1) is 23.5. The molecule has 178 valence electrons. The van der Waals surface area contributed by atoms with Crippen molar-refractivity contribution in [2.24, 2.45) is 0 Å². The number of aromatic nitrogens is 1. The number of carbonyl (C=O) groups is 3. The van der Waals surface area contributed by atoms with Gasteiger partial charge in [0.15, 0.2) is 0 Å². The Morgan fingerprint density at radius 1 is 1.09 bits per heavy atom. The highest BCUT2D eigenvalue weighted by Crippen LogP contribution is 2.30. The van der Waals surface area contributed by atoms with Gasteiger partial charge in [-0.3, -0.25) is 19.3 Å². The quantitative estimate of drug-likeness (QED) is 0.450. The van der Waals surface area contributed by atoms with Crippen molar-refractivity contribution < 1.29 is 19.1 Å². The van der Waals surface area contributed by atoms with Crippen molar-refractivity contribution >= 4 is 28.5 Å². The van der Waals surface area contributed by atoms with Gasteiger partial charge in [-0.1, -0.05) is 30.3 Å². The van der Waals surface area contributed by atoms with E-state index in [2.05, 4.69) is 22.0 Å². The van der Waals surface area contributed by atoms with E-state index in [4.69, 9.17) is 4.74 Å². The zero-order chi connectivity index (χ0) is 24.4. The van der Waals surface area contributed by atoms with Crippen LogP contribution >= 0.6 is 0 Å². The second-order valence-corrected chi connectivity index (χ2v) is 8.90. The third kappa shape index (κ3) is 4.54. The number of aromatic amines is 1. The summed E-state index contributed by atoms with van der Waals surface area (Å²) in [4.78, 5) is 47.0. The van der Waals surface area contributed by atoms with Crippen LogP contribution in [0.15, 0.2) is 48.7 Å². The number of nitrogens with zero attached hydrogens (tertiary/aromatic N) is 3. The van der Waals surface area contributed by atoms with Crippen LogP contribution in [0.2, 0.25) is 0 Å². The van der Waals surface area contributed by atoms with Gasteiger partial charge in [0.05, 0.1) is 18.2 Å². The maximum Gasteiger partial charge on any atom is 0.294 e. The van der Waals surface area contributed by atoms with E-state index in [0.717, 1.165) is 19.6 Å². The molecule has 0 spiro atoms. The fraction of sp³-hybridized carbons (Fsp3) is 0.346. The highest BCUT2D eigenvalue weighted by atomic mass is 16.5. The van der Waals surface area contributed by atoms with Crippen molar-refractivity contribution in [3.8, 4) is 5.75 Å². The average molecular weight is 463 g/mol. The van der Waals surface area contributed by atoms with E-state index >= 15 is 0 Å². The summed E-state index contributed by atoms with van der Waals surface area (Å²) >= 11 is 0. The van der Waals surface area contributed by atoms with Crippen LogP contribution in [-0.4, -0.2) is 84.2 Å². The second kappa shape index (κ2) is 9.69. The van der Waals surface area contributed by atoms with Gasteiger partial charge in [0.25, 0.3) is 17.6 Å². The van der Waals surface area contributed by atoms with Crippen molar-refractivity contribution in [2.75, 3.05) is 40.8 Å². The van der Waals surface area contributed by atoms with Gasteiger partial charge in [0, 0.05) is 69.5 Å². The Morgan fingerprint density at radius 3 is 2.47 bits per heavy atom. The standard InChI is InChI=1S/C26H30N4O4/c1-17-15-29(16-18-8-6-5-7-9-18)10-11-30(17)25(32)20-12-19-21(24(31)26(33)28(2)3)14-27-22(19)13-23(20)34-4/h5-9,12-14,17,27H,10-11,15-16H2,1-4H3. The number of piperazine rings is 1. The van der Waals surface area contributed by atoms with Gasteiger partial charge in [-0.25, -0.2) is 0 Å². The molecule has 3 aromatic rings. The van der Waals surface area contributed by atoms with Gasteiger partial charge in [0.1, 0.15) is 5.75 Å².